The van der Waals surface area contributed by atoms with E-state index in [1.165, 1.54) is 5.56 Å². The van der Waals surface area contributed by atoms with Gasteiger partial charge in [0.1, 0.15) is 30.5 Å². The van der Waals surface area contributed by atoms with Crippen LogP contribution in [0.1, 0.15) is 25.8 Å². The Balaban J connectivity index is 1.41. The molecular weight excluding hydrogens is 362 g/mol. The Morgan fingerprint density at radius 2 is 1.41 bits per heavy atom. The highest BCUT2D eigenvalue weighted by Gasteiger charge is 2.02. The lowest BCUT2D eigenvalue weighted by molar-refractivity contribution is 0.217. The molecule has 0 amide bonds. The molecular formula is C25H29NO3. The summed E-state index contributed by atoms with van der Waals surface area (Å²) < 4.78 is 17.3. The SMILES string of the molecule is CCC(C)Oc1cccc(NCc2ccc(OCCOc3ccccc3)cc2)c1. The number of benzene rings is 3. The maximum Gasteiger partial charge on any atom is 0.122 e. The highest BCUT2D eigenvalue weighted by Crippen LogP contribution is 2.20. The van der Waals surface area contributed by atoms with Gasteiger partial charge >= 0.3 is 0 Å². The minimum Gasteiger partial charge on any atom is -0.491 e. The Kier molecular flexibility index (Phi) is 7.81. The average Bonchev–Trinajstić information content (AvgIpc) is 2.77. The summed E-state index contributed by atoms with van der Waals surface area (Å²) in [5.74, 6) is 2.59. The molecule has 0 aliphatic carbocycles. The van der Waals surface area contributed by atoms with Crippen molar-refractivity contribution in [2.45, 2.75) is 32.9 Å². The van der Waals surface area contributed by atoms with E-state index in [1.54, 1.807) is 0 Å². The highest BCUT2D eigenvalue weighted by molar-refractivity contribution is 5.48. The van der Waals surface area contributed by atoms with Crippen molar-refractivity contribution in [1.29, 1.82) is 0 Å². The molecule has 0 bridgehead atoms. The molecule has 152 valence electrons. The van der Waals surface area contributed by atoms with Crippen LogP contribution in [-0.2, 0) is 6.54 Å². The molecule has 1 unspecified atom stereocenters. The number of anilines is 1. The van der Waals surface area contributed by atoms with Gasteiger partial charge < -0.3 is 19.5 Å². The van der Waals surface area contributed by atoms with Crippen LogP contribution in [0.2, 0.25) is 0 Å². The summed E-state index contributed by atoms with van der Waals surface area (Å²) in [6.07, 6.45) is 1.21. The van der Waals surface area contributed by atoms with Gasteiger partial charge in [0.25, 0.3) is 0 Å². The van der Waals surface area contributed by atoms with E-state index in [1.807, 2.05) is 66.7 Å². The molecule has 0 aliphatic heterocycles. The number of para-hydroxylation sites is 1. The van der Waals surface area contributed by atoms with Gasteiger partial charge in [-0.2, -0.15) is 0 Å². The molecule has 3 aromatic carbocycles. The van der Waals surface area contributed by atoms with Crippen molar-refractivity contribution in [1.82, 2.24) is 0 Å². The van der Waals surface area contributed by atoms with Crippen LogP contribution < -0.4 is 19.5 Å². The van der Waals surface area contributed by atoms with Gasteiger partial charge in [0.2, 0.25) is 0 Å². The van der Waals surface area contributed by atoms with Gasteiger partial charge in [-0.1, -0.05) is 43.3 Å². The molecule has 3 aromatic rings. The summed E-state index contributed by atoms with van der Waals surface area (Å²) in [6, 6.07) is 26.0. The first kappa shape index (κ1) is 20.6. The lowest BCUT2D eigenvalue weighted by atomic mass is 10.2. The topological polar surface area (TPSA) is 39.7 Å². The van der Waals surface area contributed by atoms with Crippen molar-refractivity contribution in [2.24, 2.45) is 0 Å². The van der Waals surface area contributed by atoms with Gasteiger partial charge in [-0.25, -0.2) is 0 Å². The van der Waals surface area contributed by atoms with Crippen LogP contribution in [0, 0.1) is 0 Å². The second kappa shape index (κ2) is 11.0. The first-order valence-electron chi connectivity index (χ1n) is 10.1. The fourth-order valence-corrected chi connectivity index (χ4v) is 2.74. The van der Waals surface area contributed by atoms with E-state index < -0.39 is 0 Å². The van der Waals surface area contributed by atoms with Gasteiger partial charge in [-0.05, 0) is 55.3 Å². The summed E-state index contributed by atoms with van der Waals surface area (Å²) in [5.41, 5.74) is 2.23. The fraction of sp³-hybridized carbons (Fsp3) is 0.280. The Hall–Kier alpha value is -3.14. The molecule has 29 heavy (non-hydrogen) atoms. The summed E-state index contributed by atoms with van der Waals surface area (Å²) in [6.45, 7) is 5.97. The smallest absolute Gasteiger partial charge is 0.122 e. The molecule has 4 heteroatoms. The summed E-state index contributed by atoms with van der Waals surface area (Å²) in [7, 11) is 0. The van der Waals surface area contributed by atoms with Crippen molar-refractivity contribution in [3.8, 4) is 17.2 Å². The Bertz CT molecular complexity index is 849. The minimum absolute atomic E-state index is 0.218. The van der Waals surface area contributed by atoms with Crippen molar-refractivity contribution < 1.29 is 14.2 Å². The van der Waals surface area contributed by atoms with Crippen molar-refractivity contribution in [3.05, 3.63) is 84.4 Å². The molecule has 0 heterocycles. The maximum absolute atomic E-state index is 5.88. The van der Waals surface area contributed by atoms with Gasteiger partial charge in [-0.15, -0.1) is 0 Å². The van der Waals surface area contributed by atoms with Gasteiger partial charge in [0, 0.05) is 18.3 Å². The lowest BCUT2D eigenvalue weighted by Gasteiger charge is -2.14. The number of ether oxygens (including phenoxy) is 3. The predicted molar refractivity (Wildman–Crippen MR) is 118 cm³/mol. The van der Waals surface area contributed by atoms with E-state index in [2.05, 4.69) is 31.3 Å². The molecule has 0 aromatic heterocycles. The van der Waals surface area contributed by atoms with E-state index in [0.717, 1.165) is 35.9 Å². The Labute approximate surface area is 173 Å². The molecule has 1 N–H and O–H groups in total. The second-order valence-electron chi connectivity index (χ2n) is 6.87. The standard InChI is InChI=1S/C25H29NO3/c1-3-20(2)29-25-11-7-8-22(18-25)26-19-21-12-14-24(15-13-21)28-17-16-27-23-9-5-4-6-10-23/h4-15,18,20,26H,3,16-17,19H2,1-2H3. The fourth-order valence-electron chi connectivity index (χ4n) is 2.74. The number of rotatable bonds is 11. The number of hydrogen-bond acceptors (Lipinski definition) is 4. The van der Waals surface area contributed by atoms with Crippen LogP contribution in [0.15, 0.2) is 78.9 Å². The predicted octanol–water partition coefficient (Wildman–Crippen LogP) is 5.93. The molecule has 1 atom stereocenters. The normalized spacial score (nSPS) is 11.5. The van der Waals surface area contributed by atoms with Gasteiger partial charge in [0.05, 0.1) is 6.10 Å². The first-order valence-corrected chi connectivity index (χ1v) is 10.1. The lowest BCUT2D eigenvalue weighted by Crippen LogP contribution is -2.10. The Morgan fingerprint density at radius 1 is 0.759 bits per heavy atom. The summed E-state index contributed by atoms with van der Waals surface area (Å²) in [4.78, 5) is 0. The van der Waals surface area contributed by atoms with Crippen molar-refractivity contribution in [3.63, 3.8) is 0 Å². The van der Waals surface area contributed by atoms with Crippen LogP contribution in [0.4, 0.5) is 5.69 Å². The molecule has 0 aliphatic rings. The van der Waals surface area contributed by atoms with E-state index in [0.29, 0.717) is 13.2 Å². The zero-order chi connectivity index (χ0) is 20.3. The first-order chi connectivity index (χ1) is 14.2. The van der Waals surface area contributed by atoms with Crippen LogP contribution in [-0.4, -0.2) is 19.3 Å². The third kappa shape index (κ3) is 7.07. The Morgan fingerprint density at radius 3 is 2.10 bits per heavy atom. The third-order valence-electron chi connectivity index (χ3n) is 4.53. The molecule has 0 spiro atoms. The zero-order valence-corrected chi connectivity index (χ0v) is 17.1. The van der Waals surface area contributed by atoms with Crippen molar-refractivity contribution in [2.75, 3.05) is 18.5 Å². The monoisotopic (exact) mass is 391 g/mol. The van der Waals surface area contributed by atoms with Gasteiger partial charge in [0.15, 0.2) is 0 Å². The molecule has 0 saturated heterocycles. The third-order valence-corrected chi connectivity index (χ3v) is 4.53. The molecule has 3 rings (SSSR count). The van der Waals surface area contributed by atoms with Crippen LogP contribution in [0.25, 0.3) is 0 Å². The summed E-state index contributed by atoms with van der Waals surface area (Å²) in [5, 5.41) is 3.44. The van der Waals surface area contributed by atoms with Gasteiger partial charge in [-0.3, -0.25) is 0 Å². The zero-order valence-electron chi connectivity index (χ0n) is 17.1. The minimum atomic E-state index is 0.218. The largest absolute Gasteiger partial charge is 0.491 e. The molecule has 4 nitrogen and oxygen atoms in total. The van der Waals surface area contributed by atoms with Crippen LogP contribution >= 0.6 is 0 Å². The van der Waals surface area contributed by atoms with E-state index in [9.17, 15) is 0 Å². The van der Waals surface area contributed by atoms with Crippen LogP contribution in [0.5, 0.6) is 17.2 Å². The number of hydrogen-bond donors (Lipinski definition) is 1. The summed E-state index contributed by atoms with van der Waals surface area (Å²) >= 11 is 0. The highest BCUT2D eigenvalue weighted by atomic mass is 16.5. The number of nitrogens with one attached hydrogen (secondary N) is 1. The molecule has 0 radical (unpaired) electrons. The van der Waals surface area contributed by atoms with E-state index in [-0.39, 0.29) is 6.10 Å². The van der Waals surface area contributed by atoms with E-state index >= 15 is 0 Å². The second-order valence-corrected chi connectivity index (χ2v) is 6.87. The van der Waals surface area contributed by atoms with Crippen molar-refractivity contribution >= 4 is 5.69 Å². The van der Waals surface area contributed by atoms with E-state index in [4.69, 9.17) is 14.2 Å². The maximum atomic E-state index is 5.88. The molecule has 0 saturated carbocycles. The van der Waals surface area contributed by atoms with Crippen LogP contribution in [0.3, 0.4) is 0 Å². The average molecular weight is 392 g/mol. The quantitative estimate of drug-likeness (QED) is 0.411. The molecule has 0 fully saturated rings.